The Bertz CT molecular complexity index is 753. The Balaban J connectivity index is 1.81. The number of morpholine rings is 1. The molecule has 2 heterocycles. The third kappa shape index (κ3) is 4.02. The Morgan fingerprint density at radius 1 is 1.36 bits per heavy atom. The van der Waals surface area contributed by atoms with E-state index in [4.69, 9.17) is 9.47 Å². The van der Waals surface area contributed by atoms with E-state index in [2.05, 4.69) is 4.98 Å². The van der Waals surface area contributed by atoms with Crippen molar-refractivity contribution >= 4 is 17.2 Å². The number of ether oxygens (including phenoxy) is 2. The molecule has 5 nitrogen and oxygen atoms in total. The molecule has 1 saturated heterocycles. The molecule has 134 valence electrons. The molecule has 25 heavy (non-hydrogen) atoms. The van der Waals surface area contributed by atoms with Gasteiger partial charge in [0.1, 0.15) is 15.6 Å². The molecule has 1 aromatic carbocycles. The predicted molar refractivity (Wildman–Crippen MR) is 99.4 cm³/mol. The fourth-order valence-corrected chi connectivity index (χ4v) is 3.95. The highest BCUT2D eigenvalue weighted by atomic mass is 32.1. The topological polar surface area (TPSA) is 51.7 Å². The summed E-state index contributed by atoms with van der Waals surface area (Å²) >= 11 is 1.45. The minimum Gasteiger partial charge on any atom is -0.494 e. The molecule has 6 heteroatoms. The van der Waals surface area contributed by atoms with E-state index in [-0.39, 0.29) is 11.5 Å². The molecular formula is C19H24N2O3S. The minimum absolute atomic E-state index is 0.0450. The largest absolute Gasteiger partial charge is 0.494 e. The van der Waals surface area contributed by atoms with Gasteiger partial charge < -0.3 is 14.4 Å². The molecule has 0 atom stereocenters. The molecule has 1 aliphatic rings. The van der Waals surface area contributed by atoms with E-state index in [0.29, 0.717) is 31.2 Å². The number of carbonyl (C=O) groups excluding carboxylic acids is 1. The number of aryl methyl sites for hydroxylation is 1. The summed E-state index contributed by atoms with van der Waals surface area (Å²) < 4.78 is 11.2. The fourth-order valence-electron chi connectivity index (χ4n) is 2.91. The van der Waals surface area contributed by atoms with E-state index < -0.39 is 0 Å². The Morgan fingerprint density at radius 3 is 2.72 bits per heavy atom. The van der Waals surface area contributed by atoms with Crippen LogP contribution >= 0.6 is 11.3 Å². The number of carbonyl (C=O) groups is 1. The first-order valence-electron chi connectivity index (χ1n) is 8.53. The third-order valence-electron chi connectivity index (χ3n) is 4.12. The van der Waals surface area contributed by atoms with E-state index in [1.165, 1.54) is 11.3 Å². The van der Waals surface area contributed by atoms with Gasteiger partial charge in [-0.15, -0.1) is 11.3 Å². The molecule has 0 N–H and O–H groups in total. The lowest BCUT2D eigenvalue weighted by Crippen LogP contribution is -2.50. The van der Waals surface area contributed by atoms with Crippen LogP contribution in [0.15, 0.2) is 24.3 Å². The smallest absolute Gasteiger partial charge is 0.266 e. The Morgan fingerprint density at radius 2 is 2.08 bits per heavy atom. The summed E-state index contributed by atoms with van der Waals surface area (Å²) in [6, 6.07) is 7.83. The molecule has 1 aromatic heterocycles. The Kier molecular flexibility index (Phi) is 5.11. The van der Waals surface area contributed by atoms with E-state index in [1.54, 1.807) is 0 Å². The van der Waals surface area contributed by atoms with Crippen LogP contribution in [-0.4, -0.2) is 47.7 Å². The summed E-state index contributed by atoms with van der Waals surface area (Å²) in [5.41, 5.74) is 1.48. The van der Waals surface area contributed by atoms with Crippen molar-refractivity contribution in [3.05, 3.63) is 34.8 Å². The first-order chi connectivity index (χ1) is 11.9. The highest BCUT2D eigenvalue weighted by Gasteiger charge is 2.32. The van der Waals surface area contributed by atoms with Gasteiger partial charge in [0, 0.05) is 18.7 Å². The first-order valence-corrected chi connectivity index (χ1v) is 9.35. The molecule has 0 unspecified atom stereocenters. The lowest BCUT2D eigenvalue weighted by atomic mass is 10.1. The molecule has 0 radical (unpaired) electrons. The van der Waals surface area contributed by atoms with Gasteiger partial charge >= 0.3 is 0 Å². The zero-order valence-corrected chi connectivity index (χ0v) is 16.0. The van der Waals surface area contributed by atoms with Crippen LogP contribution in [-0.2, 0) is 4.74 Å². The second-order valence-corrected chi connectivity index (χ2v) is 7.72. The number of benzene rings is 1. The van der Waals surface area contributed by atoms with Crippen LogP contribution in [0.1, 0.15) is 36.1 Å². The molecule has 0 aliphatic carbocycles. The van der Waals surface area contributed by atoms with Gasteiger partial charge in [-0.2, -0.15) is 0 Å². The summed E-state index contributed by atoms with van der Waals surface area (Å²) in [5, 5.41) is 0.858. The zero-order chi connectivity index (χ0) is 18.0. The quantitative estimate of drug-likeness (QED) is 0.833. The molecule has 1 aliphatic heterocycles. The van der Waals surface area contributed by atoms with Crippen molar-refractivity contribution in [2.24, 2.45) is 0 Å². The molecule has 3 rings (SSSR count). The maximum absolute atomic E-state index is 12.9. The number of amides is 1. The fraction of sp³-hybridized carbons (Fsp3) is 0.474. The van der Waals surface area contributed by atoms with Crippen molar-refractivity contribution in [3.63, 3.8) is 0 Å². The van der Waals surface area contributed by atoms with Gasteiger partial charge in [-0.05, 0) is 52.0 Å². The third-order valence-corrected chi connectivity index (χ3v) is 5.31. The van der Waals surface area contributed by atoms with Crippen LogP contribution in [0.2, 0.25) is 0 Å². The number of nitrogens with zero attached hydrogens (tertiary/aromatic N) is 2. The van der Waals surface area contributed by atoms with Crippen molar-refractivity contribution in [1.82, 2.24) is 9.88 Å². The van der Waals surface area contributed by atoms with Crippen molar-refractivity contribution in [2.75, 3.05) is 26.3 Å². The number of hydrogen-bond acceptors (Lipinski definition) is 5. The van der Waals surface area contributed by atoms with Gasteiger partial charge in [0.15, 0.2) is 0 Å². The van der Waals surface area contributed by atoms with Crippen LogP contribution in [0.5, 0.6) is 5.75 Å². The minimum atomic E-state index is -0.301. The van der Waals surface area contributed by atoms with Gasteiger partial charge in [0.05, 0.1) is 24.5 Å². The van der Waals surface area contributed by atoms with Crippen LogP contribution in [0, 0.1) is 6.92 Å². The number of hydrogen-bond donors (Lipinski definition) is 0. The molecule has 0 spiro atoms. The lowest BCUT2D eigenvalue weighted by Gasteiger charge is -2.38. The maximum atomic E-state index is 12.9. The molecular weight excluding hydrogens is 336 g/mol. The van der Waals surface area contributed by atoms with Crippen LogP contribution in [0.4, 0.5) is 0 Å². The molecule has 2 aromatic rings. The first kappa shape index (κ1) is 17.9. The number of rotatable bonds is 4. The van der Waals surface area contributed by atoms with Gasteiger partial charge in [-0.1, -0.05) is 0 Å². The van der Waals surface area contributed by atoms with Gasteiger partial charge in [0.25, 0.3) is 5.91 Å². The Hall–Kier alpha value is -1.92. The standard InChI is InChI=1S/C19H24N2O3S/c1-5-23-15-8-6-14(7-9-15)17-20-13(2)16(25-17)18(22)21-10-11-24-19(3,4)12-21/h6-9H,5,10-12H2,1-4H3. The highest BCUT2D eigenvalue weighted by Crippen LogP contribution is 2.31. The molecule has 0 saturated carbocycles. The van der Waals surface area contributed by atoms with E-state index in [1.807, 2.05) is 56.9 Å². The van der Waals surface area contributed by atoms with Crippen molar-refractivity contribution in [3.8, 4) is 16.3 Å². The van der Waals surface area contributed by atoms with Crippen LogP contribution < -0.4 is 4.74 Å². The van der Waals surface area contributed by atoms with Crippen LogP contribution in [0.25, 0.3) is 10.6 Å². The normalized spacial score (nSPS) is 16.7. The molecule has 1 fully saturated rings. The van der Waals surface area contributed by atoms with E-state index in [9.17, 15) is 4.79 Å². The molecule has 0 bridgehead atoms. The predicted octanol–water partition coefficient (Wildman–Crippen LogP) is 3.77. The number of thiazole rings is 1. The molecule has 1 amide bonds. The second kappa shape index (κ2) is 7.14. The summed E-state index contributed by atoms with van der Waals surface area (Å²) in [6.45, 7) is 10.3. The SMILES string of the molecule is CCOc1ccc(-c2nc(C)c(C(=O)N3CCOC(C)(C)C3)s2)cc1. The van der Waals surface area contributed by atoms with Crippen molar-refractivity contribution in [1.29, 1.82) is 0 Å². The van der Waals surface area contributed by atoms with Crippen molar-refractivity contribution < 1.29 is 14.3 Å². The van der Waals surface area contributed by atoms with Crippen LogP contribution in [0.3, 0.4) is 0 Å². The Labute approximate surface area is 152 Å². The van der Waals surface area contributed by atoms with E-state index in [0.717, 1.165) is 22.0 Å². The van der Waals surface area contributed by atoms with E-state index >= 15 is 0 Å². The summed E-state index contributed by atoms with van der Waals surface area (Å²) in [4.78, 5) is 20.1. The average Bonchev–Trinajstić information content (AvgIpc) is 2.96. The summed E-state index contributed by atoms with van der Waals surface area (Å²) in [6.07, 6.45) is 0. The second-order valence-electron chi connectivity index (χ2n) is 6.73. The highest BCUT2D eigenvalue weighted by molar-refractivity contribution is 7.17. The van der Waals surface area contributed by atoms with Gasteiger partial charge in [-0.3, -0.25) is 4.79 Å². The van der Waals surface area contributed by atoms with Gasteiger partial charge in [-0.25, -0.2) is 4.98 Å². The maximum Gasteiger partial charge on any atom is 0.266 e. The van der Waals surface area contributed by atoms with Crippen molar-refractivity contribution in [2.45, 2.75) is 33.3 Å². The average molecular weight is 360 g/mol. The number of aromatic nitrogens is 1. The van der Waals surface area contributed by atoms with Gasteiger partial charge in [0.2, 0.25) is 0 Å². The summed E-state index contributed by atoms with van der Waals surface area (Å²) in [5.74, 6) is 0.884. The lowest BCUT2D eigenvalue weighted by molar-refractivity contribution is -0.0763. The zero-order valence-electron chi connectivity index (χ0n) is 15.2. The monoisotopic (exact) mass is 360 g/mol. The summed E-state index contributed by atoms with van der Waals surface area (Å²) in [7, 11) is 0.